The number of rotatable bonds is 7. The van der Waals surface area contributed by atoms with Crippen molar-refractivity contribution in [2.24, 2.45) is 11.0 Å². The van der Waals surface area contributed by atoms with E-state index < -0.39 is 5.97 Å². The second-order valence-corrected chi connectivity index (χ2v) is 7.10. The summed E-state index contributed by atoms with van der Waals surface area (Å²) in [7, 11) is 3.05. The van der Waals surface area contributed by atoms with Crippen molar-refractivity contribution in [3.63, 3.8) is 0 Å². The maximum absolute atomic E-state index is 12.4. The molecule has 0 unspecified atom stereocenters. The third-order valence-electron chi connectivity index (χ3n) is 5.08. The third kappa shape index (κ3) is 5.59. The number of hydrogen-bond acceptors (Lipinski definition) is 6. The van der Waals surface area contributed by atoms with Crippen molar-refractivity contribution >= 4 is 18.1 Å². The largest absolute Gasteiger partial charge is 0.497 e. The van der Waals surface area contributed by atoms with E-state index in [2.05, 4.69) is 10.5 Å². The van der Waals surface area contributed by atoms with Crippen LogP contribution < -0.4 is 19.6 Å². The van der Waals surface area contributed by atoms with Crippen molar-refractivity contribution in [2.45, 2.75) is 32.1 Å². The minimum absolute atomic E-state index is 0.0389. The summed E-state index contributed by atoms with van der Waals surface area (Å²) in [6.45, 7) is 0. The number of hydrazone groups is 1. The zero-order valence-corrected chi connectivity index (χ0v) is 17.2. The molecule has 1 N–H and O–H groups in total. The van der Waals surface area contributed by atoms with Crippen molar-refractivity contribution in [1.82, 2.24) is 5.43 Å². The van der Waals surface area contributed by atoms with Crippen LogP contribution in [0, 0.1) is 5.92 Å². The minimum Gasteiger partial charge on any atom is -0.497 e. The number of esters is 1. The van der Waals surface area contributed by atoms with Gasteiger partial charge in [-0.2, -0.15) is 5.10 Å². The van der Waals surface area contributed by atoms with E-state index in [1.807, 2.05) is 0 Å². The summed E-state index contributed by atoms with van der Waals surface area (Å²) in [4.78, 5) is 24.5. The van der Waals surface area contributed by atoms with Gasteiger partial charge in [0.05, 0.1) is 26.0 Å². The van der Waals surface area contributed by atoms with Crippen molar-refractivity contribution in [1.29, 1.82) is 0 Å². The monoisotopic (exact) mass is 410 g/mol. The van der Waals surface area contributed by atoms with E-state index >= 15 is 0 Å². The number of ether oxygens (including phenoxy) is 3. The number of hydrogen-bond donors (Lipinski definition) is 1. The molecule has 0 radical (unpaired) electrons. The van der Waals surface area contributed by atoms with Crippen LogP contribution in [0.2, 0.25) is 0 Å². The Morgan fingerprint density at radius 1 is 0.967 bits per heavy atom. The summed E-state index contributed by atoms with van der Waals surface area (Å²) in [5, 5.41) is 4.05. The normalized spacial score (nSPS) is 14.3. The third-order valence-corrected chi connectivity index (χ3v) is 5.08. The Morgan fingerprint density at radius 2 is 1.70 bits per heavy atom. The first-order valence-electron chi connectivity index (χ1n) is 9.98. The molecular formula is C23H26N2O5. The second kappa shape index (κ2) is 10.4. The number of methoxy groups -OCH3 is 2. The van der Waals surface area contributed by atoms with Crippen LogP contribution in [0.15, 0.2) is 47.6 Å². The summed E-state index contributed by atoms with van der Waals surface area (Å²) < 4.78 is 15.9. The van der Waals surface area contributed by atoms with Gasteiger partial charge < -0.3 is 14.2 Å². The maximum Gasteiger partial charge on any atom is 0.343 e. The average Bonchev–Trinajstić information content (AvgIpc) is 2.80. The van der Waals surface area contributed by atoms with Crippen LogP contribution in [0.5, 0.6) is 17.2 Å². The van der Waals surface area contributed by atoms with E-state index in [1.54, 1.807) is 55.8 Å². The van der Waals surface area contributed by atoms with Gasteiger partial charge in [-0.15, -0.1) is 0 Å². The molecule has 1 fully saturated rings. The molecule has 1 aliphatic rings. The summed E-state index contributed by atoms with van der Waals surface area (Å²) >= 11 is 0. The van der Waals surface area contributed by atoms with Gasteiger partial charge in [-0.1, -0.05) is 19.3 Å². The first-order chi connectivity index (χ1) is 14.6. The van der Waals surface area contributed by atoms with Crippen molar-refractivity contribution in [3.8, 4) is 17.2 Å². The number of nitrogens with zero attached hydrogens (tertiary/aromatic N) is 1. The standard InChI is InChI=1S/C23H26N2O5/c1-28-19-11-9-18(10-12-19)23(27)30-20-13-8-16(14-21(20)29-2)15-24-25-22(26)17-6-4-3-5-7-17/h8-15,17H,3-7H2,1-2H3,(H,25,26)/b24-15+. The van der Waals surface area contributed by atoms with Gasteiger partial charge >= 0.3 is 5.97 Å². The summed E-state index contributed by atoms with van der Waals surface area (Å²) in [6.07, 6.45) is 6.76. The molecule has 1 amide bonds. The molecule has 0 aliphatic heterocycles. The molecular weight excluding hydrogens is 384 g/mol. The highest BCUT2D eigenvalue weighted by Crippen LogP contribution is 2.28. The molecule has 2 aromatic rings. The predicted octanol–water partition coefficient (Wildman–Crippen LogP) is 3.95. The van der Waals surface area contributed by atoms with Gasteiger partial charge in [0, 0.05) is 5.92 Å². The van der Waals surface area contributed by atoms with Crippen molar-refractivity contribution in [3.05, 3.63) is 53.6 Å². The molecule has 0 saturated heterocycles. The smallest absolute Gasteiger partial charge is 0.343 e. The Labute approximate surface area is 176 Å². The Kier molecular flexibility index (Phi) is 7.43. The molecule has 0 heterocycles. The summed E-state index contributed by atoms with van der Waals surface area (Å²) in [6, 6.07) is 11.7. The topological polar surface area (TPSA) is 86.2 Å². The number of benzene rings is 2. The lowest BCUT2D eigenvalue weighted by Crippen LogP contribution is -2.28. The van der Waals surface area contributed by atoms with Crippen LogP contribution in [-0.2, 0) is 4.79 Å². The van der Waals surface area contributed by atoms with E-state index in [1.165, 1.54) is 13.5 Å². The van der Waals surface area contributed by atoms with Crippen LogP contribution in [0.3, 0.4) is 0 Å². The molecule has 2 aromatic carbocycles. The molecule has 7 heteroatoms. The molecule has 158 valence electrons. The minimum atomic E-state index is -0.503. The van der Waals surface area contributed by atoms with Crippen molar-refractivity contribution < 1.29 is 23.8 Å². The van der Waals surface area contributed by atoms with Gasteiger partial charge in [0.2, 0.25) is 5.91 Å². The van der Waals surface area contributed by atoms with Gasteiger partial charge in [-0.05, 0) is 60.9 Å². The number of carbonyl (C=O) groups excluding carboxylic acids is 2. The fourth-order valence-corrected chi connectivity index (χ4v) is 3.36. The van der Waals surface area contributed by atoms with E-state index in [-0.39, 0.29) is 11.8 Å². The van der Waals surface area contributed by atoms with Gasteiger partial charge in [-0.3, -0.25) is 4.79 Å². The second-order valence-electron chi connectivity index (χ2n) is 7.10. The van der Waals surface area contributed by atoms with Gasteiger partial charge in [-0.25, -0.2) is 10.2 Å². The van der Waals surface area contributed by atoms with E-state index in [0.717, 1.165) is 25.7 Å². The Hall–Kier alpha value is -3.35. The highest BCUT2D eigenvalue weighted by Gasteiger charge is 2.20. The molecule has 30 heavy (non-hydrogen) atoms. The Bertz CT molecular complexity index is 902. The van der Waals surface area contributed by atoms with Crippen molar-refractivity contribution in [2.75, 3.05) is 14.2 Å². The molecule has 7 nitrogen and oxygen atoms in total. The fraction of sp³-hybridized carbons (Fsp3) is 0.348. The van der Waals surface area contributed by atoms with Gasteiger partial charge in [0.1, 0.15) is 5.75 Å². The maximum atomic E-state index is 12.4. The summed E-state index contributed by atoms with van der Waals surface area (Å²) in [5.74, 6) is 0.842. The highest BCUT2D eigenvalue weighted by molar-refractivity contribution is 5.92. The van der Waals surface area contributed by atoms with Crippen LogP contribution in [-0.4, -0.2) is 32.3 Å². The first-order valence-corrected chi connectivity index (χ1v) is 9.98. The predicted molar refractivity (Wildman–Crippen MR) is 113 cm³/mol. The molecule has 1 aliphatic carbocycles. The van der Waals surface area contributed by atoms with E-state index in [9.17, 15) is 9.59 Å². The zero-order valence-electron chi connectivity index (χ0n) is 17.2. The molecule has 0 spiro atoms. The Balaban J connectivity index is 1.62. The molecule has 0 atom stereocenters. The van der Waals surface area contributed by atoms with Gasteiger partial charge in [0.15, 0.2) is 11.5 Å². The number of amides is 1. The number of nitrogens with one attached hydrogen (secondary N) is 1. The Morgan fingerprint density at radius 3 is 2.37 bits per heavy atom. The van der Waals surface area contributed by atoms with Crippen LogP contribution >= 0.6 is 0 Å². The molecule has 3 rings (SSSR count). The zero-order chi connectivity index (χ0) is 21.3. The molecule has 0 aromatic heterocycles. The lowest BCUT2D eigenvalue weighted by molar-refractivity contribution is -0.125. The van der Waals surface area contributed by atoms with Crippen LogP contribution in [0.1, 0.15) is 48.0 Å². The van der Waals surface area contributed by atoms with Gasteiger partial charge in [0.25, 0.3) is 0 Å². The van der Waals surface area contributed by atoms with Crippen LogP contribution in [0.4, 0.5) is 0 Å². The SMILES string of the molecule is COc1ccc(C(=O)Oc2ccc(/C=N/NC(=O)C3CCCCC3)cc2OC)cc1. The highest BCUT2D eigenvalue weighted by atomic mass is 16.6. The molecule has 0 bridgehead atoms. The first kappa shape index (κ1) is 21.4. The number of carbonyl (C=O) groups is 2. The van der Waals surface area contributed by atoms with E-state index in [0.29, 0.717) is 28.4 Å². The quantitative estimate of drug-likeness (QED) is 0.323. The summed E-state index contributed by atoms with van der Waals surface area (Å²) in [5.41, 5.74) is 3.72. The lowest BCUT2D eigenvalue weighted by atomic mass is 9.89. The average molecular weight is 410 g/mol. The fourth-order valence-electron chi connectivity index (χ4n) is 3.36. The molecule has 1 saturated carbocycles. The lowest BCUT2D eigenvalue weighted by Gasteiger charge is -2.19. The van der Waals surface area contributed by atoms with E-state index in [4.69, 9.17) is 14.2 Å². The van der Waals surface area contributed by atoms with Crippen LogP contribution in [0.25, 0.3) is 0 Å².